The average molecular weight is 334 g/mol. The Bertz CT molecular complexity index is 551. The molecule has 0 radical (unpaired) electrons. The van der Waals surface area contributed by atoms with Crippen LogP contribution in [0.2, 0.25) is 0 Å². The summed E-state index contributed by atoms with van der Waals surface area (Å²) in [6.07, 6.45) is 0. The fraction of sp³-hybridized carbons (Fsp3) is 0.294. The van der Waals surface area contributed by atoms with Crippen LogP contribution in [0.5, 0.6) is 5.75 Å². The van der Waals surface area contributed by atoms with Crippen LogP contribution in [0.15, 0.2) is 46.9 Å². The quantitative estimate of drug-likeness (QED) is 0.843. The molecule has 0 saturated carbocycles. The van der Waals surface area contributed by atoms with E-state index in [0.29, 0.717) is 6.61 Å². The minimum Gasteiger partial charge on any atom is -0.493 e. The van der Waals surface area contributed by atoms with E-state index in [1.54, 1.807) is 0 Å². The molecule has 0 saturated heterocycles. The lowest BCUT2D eigenvalue weighted by Gasteiger charge is -2.09. The first-order valence-electron chi connectivity index (χ1n) is 6.86. The van der Waals surface area contributed by atoms with Gasteiger partial charge in [-0.05, 0) is 53.0 Å². The van der Waals surface area contributed by atoms with Gasteiger partial charge >= 0.3 is 0 Å². The third kappa shape index (κ3) is 4.36. The highest BCUT2D eigenvalue weighted by Crippen LogP contribution is 2.25. The van der Waals surface area contributed by atoms with Gasteiger partial charge in [-0.25, -0.2) is 0 Å². The van der Waals surface area contributed by atoms with E-state index < -0.39 is 0 Å². The Morgan fingerprint density at radius 3 is 2.30 bits per heavy atom. The summed E-state index contributed by atoms with van der Waals surface area (Å²) < 4.78 is 6.52. The van der Waals surface area contributed by atoms with Gasteiger partial charge in [0.05, 0.1) is 11.1 Å². The summed E-state index contributed by atoms with van der Waals surface area (Å²) in [5.74, 6) is 0.898. The van der Waals surface area contributed by atoms with Gasteiger partial charge in [-0.3, -0.25) is 0 Å². The maximum Gasteiger partial charge on any atom is 0.133 e. The van der Waals surface area contributed by atoms with Crippen LogP contribution in [0.4, 0.5) is 0 Å². The molecule has 0 fully saturated rings. The molecule has 0 unspecified atom stereocenters. The molecule has 1 N–H and O–H groups in total. The second-order valence-corrected chi connectivity index (χ2v) is 5.64. The van der Waals surface area contributed by atoms with Crippen LogP contribution in [-0.2, 0) is 13.1 Å². The molecule has 2 rings (SSSR count). The third-order valence-electron chi connectivity index (χ3n) is 3.07. The lowest BCUT2D eigenvalue weighted by atomic mass is 10.1. The zero-order valence-electron chi connectivity index (χ0n) is 11.9. The van der Waals surface area contributed by atoms with E-state index in [2.05, 4.69) is 64.6 Å². The van der Waals surface area contributed by atoms with Crippen LogP contribution in [0.3, 0.4) is 0 Å². The first-order chi connectivity index (χ1) is 9.69. The van der Waals surface area contributed by atoms with Crippen LogP contribution >= 0.6 is 15.9 Å². The van der Waals surface area contributed by atoms with E-state index in [4.69, 9.17) is 4.74 Å². The lowest BCUT2D eigenvalue weighted by molar-refractivity contribution is 0.338. The van der Waals surface area contributed by atoms with Gasteiger partial charge in [0, 0.05) is 13.1 Å². The van der Waals surface area contributed by atoms with Crippen molar-refractivity contribution < 1.29 is 4.74 Å². The molecular formula is C17H20BrNO. The molecule has 0 amide bonds. The van der Waals surface area contributed by atoms with Crippen molar-refractivity contribution in [3.63, 3.8) is 0 Å². The third-order valence-corrected chi connectivity index (χ3v) is 3.69. The second kappa shape index (κ2) is 7.46. The summed E-state index contributed by atoms with van der Waals surface area (Å²) in [6.45, 7) is 6.51. The molecular weight excluding hydrogens is 314 g/mol. The summed E-state index contributed by atoms with van der Waals surface area (Å²) in [5.41, 5.74) is 3.84. The first-order valence-corrected chi connectivity index (χ1v) is 7.66. The Morgan fingerprint density at radius 1 is 1.00 bits per heavy atom. The van der Waals surface area contributed by atoms with Gasteiger partial charge < -0.3 is 10.1 Å². The van der Waals surface area contributed by atoms with Crippen LogP contribution in [0, 0.1) is 6.92 Å². The predicted molar refractivity (Wildman–Crippen MR) is 87.0 cm³/mol. The Hall–Kier alpha value is -1.32. The van der Waals surface area contributed by atoms with Gasteiger partial charge in [-0.1, -0.05) is 35.9 Å². The van der Waals surface area contributed by atoms with E-state index in [1.807, 2.05) is 13.0 Å². The molecule has 0 aliphatic heterocycles. The topological polar surface area (TPSA) is 21.3 Å². The highest BCUT2D eigenvalue weighted by molar-refractivity contribution is 9.10. The number of benzene rings is 2. The van der Waals surface area contributed by atoms with Crippen LogP contribution in [0.25, 0.3) is 0 Å². The van der Waals surface area contributed by atoms with Crippen molar-refractivity contribution in [2.24, 2.45) is 0 Å². The molecule has 0 heterocycles. The van der Waals surface area contributed by atoms with Gasteiger partial charge in [-0.15, -0.1) is 0 Å². The lowest BCUT2D eigenvalue weighted by Crippen LogP contribution is -2.12. The van der Waals surface area contributed by atoms with Crippen LogP contribution < -0.4 is 10.1 Å². The molecule has 2 aromatic rings. The fourth-order valence-corrected chi connectivity index (χ4v) is 2.52. The van der Waals surface area contributed by atoms with Gasteiger partial charge in [0.1, 0.15) is 5.75 Å². The molecule has 3 heteroatoms. The minimum absolute atomic E-state index is 0.684. The normalized spacial score (nSPS) is 10.6. The van der Waals surface area contributed by atoms with Crippen LogP contribution in [0.1, 0.15) is 23.6 Å². The monoisotopic (exact) mass is 333 g/mol. The Labute approximate surface area is 129 Å². The van der Waals surface area contributed by atoms with Gasteiger partial charge in [-0.2, -0.15) is 0 Å². The maximum atomic E-state index is 5.51. The smallest absolute Gasteiger partial charge is 0.133 e. The van der Waals surface area contributed by atoms with E-state index in [0.717, 1.165) is 23.3 Å². The molecule has 0 aliphatic carbocycles. The van der Waals surface area contributed by atoms with Crippen molar-refractivity contribution in [1.82, 2.24) is 5.32 Å². The van der Waals surface area contributed by atoms with Crippen molar-refractivity contribution >= 4 is 15.9 Å². The molecule has 2 aromatic carbocycles. The second-order valence-electron chi connectivity index (χ2n) is 4.79. The van der Waals surface area contributed by atoms with Gasteiger partial charge in [0.2, 0.25) is 0 Å². The number of hydrogen-bond donors (Lipinski definition) is 1. The Balaban J connectivity index is 1.87. The summed E-state index contributed by atoms with van der Waals surface area (Å²) in [7, 11) is 0. The maximum absolute atomic E-state index is 5.51. The number of hydrogen-bond acceptors (Lipinski definition) is 2. The molecule has 0 aromatic heterocycles. The summed E-state index contributed by atoms with van der Waals surface area (Å²) >= 11 is 3.54. The molecule has 2 nitrogen and oxygen atoms in total. The van der Waals surface area contributed by atoms with E-state index in [1.165, 1.54) is 16.7 Å². The average Bonchev–Trinajstić information content (AvgIpc) is 2.44. The largest absolute Gasteiger partial charge is 0.493 e. The molecule has 0 atom stereocenters. The predicted octanol–water partition coefficient (Wildman–Crippen LogP) is 4.45. The molecule has 106 valence electrons. The molecule has 20 heavy (non-hydrogen) atoms. The van der Waals surface area contributed by atoms with Crippen molar-refractivity contribution in [2.75, 3.05) is 6.61 Å². The highest BCUT2D eigenvalue weighted by atomic mass is 79.9. The zero-order chi connectivity index (χ0) is 14.4. The fourth-order valence-electron chi connectivity index (χ4n) is 1.98. The summed E-state index contributed by atoms with van der Waals surface area (Å²) in [5, 5.41) is 3.45. The molecule has 0 aliphatic rings. The van der Waals surface area contributed by atoms with Crippen molar-refractivity contribution in [3.05, 3.63) is 63.6 Å². The first kappa shape index (κ1) is 15.1. The molecule has 0 spiro atoms. The number of halogens is 1. The van der Waals surface area contributed by atoms with E-state index >= 15 is 0 Å². The van der Waals surface area contributed by atoms with Crippen molar-refractivity contribution in [2.45, 2.75) is 26.9 Å². The SMILES string of the molecule is CCOc1ccc(CNCc2ccc(C)cc2)cc1Br. The number of nitrogens with one attached hydrogen (secondary N) is 1. The zero-order valence-corrected chi connectivity index (χ0v) is 13.5. The number of rotatable bonds is 6. The van der Waals surface area contributed by atoms with Gasteiger partial charge in [0.25, 0.3) is 0 Å². The van der Waals surface area contributed by atoms with Gasteiger partial charge in [0.15, 0.2) is 0 Å². The van der Waals surface area contributed by atoms with Crippen molar-refractivity contribution in [3.8, 4) is 5.75 Å². The minimum atomic E-state index is 0.684. The molecule has 0 bridgehead atoms. The number of aryl methyl sites for hydroxylation is 1. The summed E-state index contributed by atoms with van der Waals surface area (Å²) in [4.78, 5) is 0. The van der Waals surface area contributed by atoms with E-state index in [-0.39, 0.29) is 0 Å². The number of ether oxygens (including phenoxy) is 1. The van der Waals surface area contributed by atoms with E-state index in [9.17, 15) is 0 Å². The van der Waals surface area contributed by atoms with Crippen LogP contribution in [-0.4, -0.2) is 6.61 Å². The van der Waals surface area contributed by atoms with Crippen molar-refractivity contribution in [1.29, 1.82) is 0 Å². The Morgan fingerprint density at radius 2 is 1.65 bits per heavy atom. The standard InChI is InChI=1S/C17H20BrNO/c1-3-20-17-9-8-15(10-16(17)18)12-19-11-14-6-4-13(2)5-7-14/h4-10,19H,3,11-12H2,1-2H3. The summed E-state index contributed by atoms with van der Waals surface area (Å²) in [6, 6.07) is 14.8. The highest BCUT2D eigenvalue weighted by Gasteiger charge is 2.02. The Kier molecular flexibility index (Phi) is 5.62.